The molecule has 0 unspecified atom stereocenters. The first-order chi connectivity index (χ1) is 12.2. The molecule has 2 amide bonds. The summed E-state index contributed by atoms with van der Waals surface area (Å²) in [6.45, 7) is 0.364. The maximum absolute atomic E-state index is 12.3. The third kappa shape index (κ3) is 4.03. The minimum absolute atomic E-state index is 0.0527. The van der Waals surface area contributed by atoms with Gasteiger partial charge in [0.1, 0.15) is 5.75 Å². The van der Waals surface area contributed by atoms with E-state index < -0.39 is 5.92 Å². The predicted molar refractivity (Wildman–Crippen MR) is 95.6 cm³/mol. The molecule has 6 nitrogen and oxygen atoms in total. The van der Waals surface area contributed by atoms with Crippen molar-refractivity contribution in [1.29, 1.82) is 0 Å². The van der Waals surface area contributed by atoms with Gasteiger partial charge in [-0.3, -0.25) is 9.59 Å². The van der Waals surface area contributed by atoms with E-state index in [1.165, 1.54) is 0 Å². The second kappa shape index (κ2) is 7.61. The van der Waals surface area contributed by atoms with Gasteiger partial charge in [0.25, 0.3) is 0 Å². The lowest BCUT2D eigenvalue weighted by Gasteiger charge is -2.16. The summed E-state index contributed by atoms with van der Waals surface area (Å²) >= 11 is 0. The SMILES string of the molecule is COc1cccc(/C=N\NC(=O)[C@@H]2CC(=O)N(c3ccccc3)C2)c1. The molecule has 1 N–H and O–H groups in total. The van der Waals surface area contributed by atoms with Crippen LogP contribution >= 0.6 is 0 Å². The summed E-state index contributed by atoms with van der Waals surface area (Å²) in [5.74, 6) is -0.000567. The van der Waals surface area contributed by atoms with Gasteiger partial charge in [0, 0.05) is 18.7 Å². The second-order valence-corrected chi connectivity index (χ2v) is 5.75. The molecule has 6 heteroatoms. The van der Waals surface area contributed by atoms with Crippen molar-refractivity contribution in [2.75, 3.05) is 18.6 Å². The van der Waals surface area contributed by atoms with Crippen molar-refractivity contribution in [3.05, 3.63) is 60.2 Å². The number of nitrogens with one attached hydrogen (secondary N) is 1. The van der Waals surface area contributed by atoms with E-state index in [4.69, 9.17) is 4.74 Å². The zero-order valence-electron chi connectivity index (χ0n) is 13.9. The number of hydrazone groups is 1. The monoisotopic (exact) mass is 337 g/mol. The highest BCUT2D eigenvalue weighted by Gasteiger charge is 2.34. The Balaban J connectivity index is 1.58. The third-order valence-corrected chi connectivity index (χ3v) is 4.05. The number of ether oxygens (including phenoxy) is 1. The van der Waals surface area contributed by atoms with Gasteiger partial charge in [-0.05, 0) is 29.8 Å². The molecule has 1 saturated heterocycles. The van der Waals surface area contributed by atoms with Crippen LogP contribution in [-0.4, -0.2) is 31.7 Å². The van der Waals surface area contributed by atoms with Crippen LogP contribution in [0.15, 0.2) is 59.7 Å². The summed E-state index contributed by atoms with van der Waals surface area (Å²) in [5, 5.41) is 3.97. The van der Waals surface area contributed by atoms with E-state index in [9.17, 15) is 9.59 Å². The highest BCUT2D eigenvalue weighted by atomic mass is 16.5. The molecule has 1 aliphatic rings. The summed E-state index contributed by atoms with van der Waals surface area (Å²) in [5.41, 5.74) is 4.13. The lowest BCUT2D eigenvalue weighted by atomic mass is 10.1. The number of amides is 2. The Morgan fingerprint density at radius 2 is 2.04 bits per heavy atom. The largest absolute Gasteiger partial charge is 0.497 e. The highest BCUT2D eigenvalue weighted by molar-refractivity contribution is 6.00. The first-order valence-electron chi connectivity index (χ1n) is 8.00. The molecule has 0 aromatic heterocycles. The Morgan fingerprint density at radius 3 is 2.80 bits per heavy atom. The number of rotatable bonds is 5. The van der Waals surface area contributed by atoms with E-state index in [0.717, 1.165) is 17.0 Å². The van der Waals surface area contributed by atoms with Gasteiger partial charge in [-0.25, -0.2) is 5.43 Å². The van der Waals surface area contributed by atoms with Gasteiger partial charge in [-0.1, -0.05) is 30.3 Å². The van der Waals surface area contributed by atoms with E-state index in [0.29, 0.717) is 6.54 Å². The Kier molecular flexibility index (Phi) is 5.09. The minimum Gasteiger partial charge on any atom is -0.497 e. The molecular formula is C19H19N3O3. The van der Waals surface area contributed by atoms with Gasteiger partial charge in [-0.15, -0.1) is 0 Å². The number of anilines is 1. The van der Waals surface area contributed by atoms with Gasteiger partial charge in [0.15, 0.2) is 0 Å². The molecule has 0 spiro atoms. The zero-order chi connectivity index (χ0) is 17.6. The maximum atomic E-state index is 12.3. The number of hydrogen-bond donors (Lipinski definition) is 1. The van der Waals surface area contributed by atoms with Crippen LogP contribution in [0, 0.1) is 5.92 Å². The van der Waals surface area contributed by atoms with E-state index in [1.807, 2.05) is 54.6 Å². The van der Waals surface area contributed by atoms with Crippen LogP contribution < -0.4 is 15.1 Å². The Bertz CT molecular complexity index is 790. The van der Waals surface area contributed by atoms with Crippen LogP contribution in [-0.2, 0) is 9.59 Å². The number of para-hydroxylation sites is 1. The maximum Gasteiger partial charge on any atom is 0.245 e. The zero-order valence-corrected chi connectivity index (χ0v) is 13.9. The fourth-order valence-corrected chi connectivity index (χ4v) is 2.72. The quantitative estimate of drug-likeness (QED) is 0.672. The molecule has 1 aliphatic heterocycles. The van der Waals surface area contributed by atoms with Gasteiger partial charge in [-0.2, -0.15) is 5.10 Å². The second-order valence-electron chi connectivity index (χ2n) is 5.75. The summed E-state index contributed by atoms with van der Waals surface area (Å²) in [4.78, 5) is 26.0. The number of carbonyl (C=O) groups excluding carboxylic acids is 2. The molecule has 3 rings (SSSR count). The summed E-state index contributed by atoms with van der Waals surface area (Å²) in [6.07, 6.45) is 1.74. The predicted octanol–water partition coefficient (Wildman–Crippen LogP) is 2.20. The Labute approximate surface area is 146 Å². The molecule has 2 aromatic rings. The van der Waals surface area contributed by atoms with Crippen molar-refractivity contribution in [3.63, 3.8) is 0 Å². The molecule has 25 heavy (non-hydrogen) atoms. The molecule has 1 heterocycles. The average Bonchev–Trinajstić information content (AvgIpc) is 3.04. The van der Waals surface area contributed by atoms with Crippen LogP contribution in [0.1, 0.15) is 12.0 Å². The number of benzene rings is 2. The molecular weight excluding hydrogens is 318 g/mol. The van der Waals surface area contributed by atoms with E-state index >= 15 is 0 Å². The van der Waals surface area contributed by atoms with Crippen molar-refractivity contribution >= 4 is 23.7 Å². The van der Waals surface area contributed by atoms with Gasteiger partial charge < -0.3 is 9.64 Å². The first-order valence-corrected chi connectivity index (χ1v) is 8.00. The molecule has 0 saturated carbocycles. The van der Waals surface area contributed by atoms with Crippen molar-refractivity contribution in [1.82, 2.24) is 5.43 Å². The van der Waals surface area contributed by atoms with Crippen LogP contribution in [0.3, 0.4) is 0 Å². The standard InChI is InChI=1S/C19H19N3O3/c1-25-17-9-5-6-14(10-17)12-20-21-19(24)15-11-18(23)22(13-15)16-7-3-2-4-8-16/h2-10,12,15H,11,13H2,1H3,(H,21,24)/b20-12-/t15-/m1/s1. The molecule has 2 aromatic carbocycles. The molecule has 0 aliphatic carbocycles. The Morgan fingerprint density at radius 1 is 1.24 bits per heavy atom. The molecule has 0 radical (unpaired) electrons. The lowest BCUT2D eigenvalue weighted by Crippen LogP contribution is -2.30. The molecule has 0 bridgehead atoms. The topological polar surface area (TPSA) is 71.0 Å². The van der Waals surface area contributed by atoms with E-state index in [1.54, 1.807) is 18.2 Å². The normalized spacial score (nSPS) is 17.1. The van der Waals surface area contributed by atoms with Crippen LogP contribution in [0.4, 0.5) is 5.69 Å². The third-order valence-electron chi connectivity index (χ3n) is 4.05. The Hall–Kier alpha value is -3.15. The fraction of sp³-hybridized carbons (Fsp3) is 0.211. The summed E-state index contributed by atoms with van der Waals surface area (Å²) in [6, 6.07) is 16.7. The fourth-order valence-electron chi connectivity index (χ4n) is 2.72. The first kappa shape index (κ1) is 16.7. The van der Waals surface area contributed by atoms with Crippen molar-refractivity contribution < 1.29 is 14.3 Å². The van der Waals surface area contributed by atoms with Crippen LogP contribution in [0.2, 0.25) is 0 Å². The van der Waals surface area contributed by atoms with Gasteiger partial charge in [0.2, 0.25) is 11.8 Å². The highest BCUT2D eigenvalue weighted by Crippen LogP contribution is 2.24. The minimum atomic E-state index is -0.407. The van der Waals surface area contributed by atoms with Crippen molar-refractivity contribution in [2.45, 2.75) is 6.42 Å². The van der Waals surface area contributed by atoms with Crippen LogP contribution in [0.5, 0.6) is 5.75 Å². The van der Waals surface area contributed by atoms with Crippen molar-refractivity contribution in [2.24, 2.45) is 11.0 Å². The van der Waals surface area contributed by atoms with E-state index in [2.05, 4.69) is 10.5 Å². The smallest absolute Gasteiger partial charge is 0.245 e. The molecule has 1 atom stereocenters. The number of nitrogens with zero attached hydrogens (tertiary/aromatic N) is 2. The number of hydrogen-bond acceptors (Lipinski definition) is 4. The average molecular weight is 337 g/mol. The number of carbonyl (C=O) groups is 2. The van der Waals surface area contributed by atoms with Crippen LogP contribution in [0.25, 0.3) is 0 Å². The lowest BCUT2D eigenvalue weighted by molar-refractivity contribution is -0.126. The summed E-state index contributed by atoms with van der Waals surface area (Å²) in [7, 11) is 1.59. The summed E-state index contributed by atoms with van der Waals surface area (Å²) < 4.78 is 5.14. The van der Waals surface area contributed by atoms with Gasteiger partial charge in [0.05, 0.1) is 19.2 Å². The van der Waals surface area contributed by atoms with Crippen molar-refractivity contribution in [3.8, 4) is 5.75 Å². The molecule has 128 valence electrons. The number of methoxy groups -OCH3 is 1. The molecule has 1 fully saturated rings. The van der Waals surface area contributed by atoms with Gasteiger partial charge >= 0.3 is 0 Å². The van der Waals surface area contributed by atoms with E-state index in [-0.39, 0.29) is 18.2 Å².